The maximum atomic E-state index is 2.40. The zero-order valence-electron chi connectivity index (χ0n) is 26.5. The van der Waals surface area contributed by atoms with Crippen molar-refractivity contribution in [2.45, 2.75) is 26.2 Å². The van der Waals surface area contributed by atoms with Crippen LogP contribution in [0.25, 0.3) is 44.9 Å². The van der Waals surface area contributed by atoms with Crippen LogP contribution >= 0.6 is 0 Å². The molecule has 222 valence electrons. The average molecular weight is 593 g/mol. The normalized spacial score (nSPS) is 13.2. The number of anilines is 3. The molecule has 8 rings (SSSR count). The number of fused-ring (bicyclic) bond motifs is 4. The van der Waals surface area contributed by atoms with E-state index >= 15 is 0 Å². The second kappa shape index (κ2) is 11.1. The smallest absolute Gasteiger partial charge is 0.0528 e. The maximum absolute atomic E-state index is 2.40. The van der Waals surface area contributed by atoms with E-state index in [2.05, 4.69) is 194 Å². The fourth-order valence-corrected chi connectivity index (χ4v) is 7.13. The van der Waals surface area contributed by atoms with Crippen LogP contribution in [0.5, 0.6) is 0 Å². The Labute approximate surface area is 271 Å². The molecule has 0 saturated heterocycles. The van der Waals surface area contributed by atoms with Crippen LogP contribution in [0, 0.1) is 0 Å². The summed E-state index contributed by atoms with van der Waals surface area (Å²) in [6.45, 7) is 6.75. The second-order valence-electron chi connectivity index (χ2n) is 12.7. The topological polar surface area (TPSA) is 8.17 Å². The van der Waals surface area contributed by atoms with Crippen molar-refractivity contribution in [3.8, 4) is 27.9 Å². The van der Waals surface area contributed by atoms with E-state index in [0.29, 0.717) is 0 Å². The summed E-state index contributed by atoms with van der Waals surface area (Å²) in [6.07, 6.45) is 6.37. The molecule has 46 heavy (non-hydrogen) atoms. The van der Waals surface area contributed by atoms with Crippen molar-refractivity contribution in [2.24, 2.45) is 0 Å². The fourth-order valence-electron chi connectivity index (χ4n) is 7.13. The monoisotopic (exact) mass is 592 g/mol. The first-order valence-corrected chi connectivity index (χ1v) is 16.1. The van der Waals surface area contributed by atoms with Crippen molar-refractivity contribution in [3.05, 3.63) is 175 Å². The van der Waals surface area contributed by atoms with Crippen molar-refractivity contribution in [1.82, 2.24) is 4.57 Å². The van der Waals surface area contributed by atoms with Crippen LogP contribution in [-0.4, -0.2) is 4.57 Å². The minimum absolute atomic E-state index is 0.0632. The van der Waals surface area contributed by atoms with Crippen LogP contribution in [0.15, 0.2) is 158 Å². The summed E-state index contributed by atoms with van der Waals surface area (Å²) in [4.78, 5) is 2.38. The first-order valence-electron chi connectivity index (χ1n) is 16.1. The molecule has 0 amide bonds. The van der Waals surface area contributed by atoms with Gasteiger partial charge in [-0.2, -0.15) is 0 Å². The van der Waals surface area contributed by atoms with Gasteiger partial charge < -0.3 is 9.47 Å². The summed E-state index contributed by atoms with van der Waals surface area (Å²) < 4.78 is 2.25. The minimum Gasteiger partial charge on any atom is -0.317 e. The molecule has 0 N–H and O–H groups in total. The number of hydrogen-bond donors (Lipinski definition) is 0. The molecule has 7 aromatic rings. The summed E-state index contributed by atoms with van der Waals surface area (Å²) in [5.41, 5.74) is 14.8. The number of benzene rings is 6. The average Bonchev–Trinajstić information content (AvgIpc) is 3.63. The van der Waals surface area contributed by atoms with Gasteiger partial charge in [0.15, 0.2) is 0 Å². The molecule has 0 fully saturated rings. The highest BCUT2D eigenvalue weighted by Gasteiger charge is 2.35. The predicted molar refractivity (Wildman–Crippen MR) is 196 cm³/mol. The highest BCUT2D eigenvalue weighted by Crippen LogP contribution is 2.50. The Morgan fingerprint density at radius 2 is 1.17 bits per heavy atom. The van der Waals surface area contributed by atoms with E-state index in [9.17, 15) is 0 Å². The third-order valence-electron chi connectivity index (χ3n) is 9.54. The van der Waals surface area contributed by atoms with Crippen LogP contribution in [-0.2, 0) is 5.41 Å². The molecule has 1 heterocycles. The first kappa shape index (κ1) is 27.9. The molecule has 0 bridgehead atoms. The second-order valence-corrected chi connectivity index (χ2v) is 12.7. The van der Waals surface area contributed by atoms with Gasteiger partial charge in [0.1, 0.15) is 0 Å². The molecule has 1 aliphatic rings. The molecule has 0 atom stereocenters. The molecule has 2 nitrogen and oxygen atoms in total. The van der Waals surface area contributed by atoms with Crippen LogP contribution in [0.2, 0.25) is 0 Å². The summed E-state index contributed by atoms with van der Waals surface area (Å²) in [6, 6.07) is 53.1. The lowest BCUT2D eigenvalue weighted by atomic mass is 9.82. The standard InChI is InChI=1S/C44H36N2/c1-4-9-31-14-20-36(21-15-31)46(38-26-27-40-39-11-6-7-12-41(39)44(2,3)42(40)30-38)37-24-18-33(19-25-37)32-16-22-35(23-17-32)45-29-28-34-10-5-8-13-43(34)45/h4-30H,1-3H3/b9-4+. The molecule has 1 aliphatic carbocycles. The van der Waals surface area contributed by atoms with Gasteiger partial charge in [0.2, 0.25) is 0 Å². The lowest BCUT2D eigenvalue weighted by Crippen LogP contribution is -2.16. The quantitative estimate of drug-likeness (QED) is 0.186. The number of aromatic nitrogens is 1. The molecule has 1 aromatic heterocycles. The van der Waals surface area contributed by atoms with Gasteiger partial charge in [-0.15, -0.1) is 0 Å². The number of rotatable bonds is 6. The van der Waals surface area contributed by atoms with E-state index in [1.165, 1.54) is 49.8 Å². The van der Waals surface area contributed by atoms with E-state index in [0.717, 1.165) is 22.7 Å². The van der Waals surface area contributed by atoms with Crippen LogP contribution in [0.3, 0.4) is 0 Å². The van der Waals surface area contributed by atoms with Gasteiger partial charge in [0.05, 0.1) is 5.52 Å². The summed E-state index contributed by atoms with van der Waals surface area (Å²) >= 11 is 0. The van der Waals surface area contributed by atoms with Gasteiger partial charge in [0.25, 0.3) is 0 Å². The fraction of sp³-hybridized carbons (Fsp3) is 0.0909. The van der Waals surface area contributed by atoms with Gasteiger partial charge in [-0.1, -0.05) is 111 Å². The van der Waals surface area contributed by atoms with Crippen LogP contribution in [0.1, 0.15) is 37.5 Å². The largest absolute Gasteiger partial charge is 0.317 e. The van der Waals surface area contributed by atoms with Gasteiger partial charge in [-0.25, -0.2) is 0 Å². The Morgan fingerprint density at radius 1 is 0.565 bits per heavy atom. The molecule has 0 saturated carbocycles. The van der Waals surface area contributed by atoms with E-state index in [1.807, 2.05) is 0 Å². The van der Waals surface area contributed by atoms with Gasteiger partial charge in [-0.05, 0) is 112 Å². The Hall–Kier alpha value is -5.60. The molecule has 0 spiro atoms. The zero-order chi connectivity index (χ0) is 31.3. The van der Waals surface area contributed by atoms with Crippen molar-refractivity contribution in [2.75, 3.05) is 4.90 Å². The number of allylic oxidation sites excluding steroid dienone is 1. The molecule has 0 aliphatic heterocycles. The molecule has 0 unspecified atom stereocenters. The highest BCUT2D eigenvalue weighted by atomic mass is 15.1. The predicted octanol–water partition coefficient (Wildman–Crippen LogP) is 12.1. The number of para-hydroxylation sites is 1. The number of hydrogen-bond acceptors (Lipinski definition) is 1. The Morgan fingerprint density at radius 3 is 1.91 bits per heavy atom. The van der Waals surface area contributed by atoms with Gasteiger partial charge in [0, 0.05) is 34.4 Å². The van der Waals surface area contributed by atoms with Crippen LogP contribution in [0.4, 0.5) is 17.1 Å². The van der Waals surface area contributed by atoms with Crippen molar-refractivity contribution in [1.29, 1.82) is 0 Å². The first-order chi connectivity index (χ1) is 22.5. The highest BCUT2D eigenvalue weighted by molar-refractivity contribution is 5.86. The Kier molecular flexibility index (Phi) is 6.73. The molecular formula is C44H36N2. The number of nitrogens with zero attached hydrogens (tertiary/aromatic N) is 2. The summed E-state index contributed by atoms with van der Waals surface area (Å²) in [7, 11) is 0. The molecule has 0 radical (unpaired) electrons. The Bertz CT molecular complexity index is 2210. The van der Waals surface area contributed by atoms with E-state index in [4.69, 9.17) is 0 Å². The van der Waals surface area contributed by atoms with E-state index in [-0.39, 0.29) is 5.41 Å². The van der Waals surface area contributed by atoms with E-state index in [1.54, 1.807) is 0 Å². The Balaban J connectivity index is 1.16. The third kappa shape index (κ3) is 4.66. The van der Waals surface area contributed by atoms with Crippen molar-refractivity contribution >= 4 is 34.0 Å². The molecule has 6 aromatic carbocycles. The summed E-state index contributed by atoms with van der Waals surface area (Å²) in [5, 5.41) is 1.25. The molecular weight excluding hydrogens is 556 g/mol. The lowest BCUT2D eigenvalue weighted by Gasteiger charge is -2.28. The van der Waals surface area contributed by atoms with Gasteiger partial charge in [-0.3, -0.25) is 0 Å². The summed E-state index contributed by atoms with van der Waals surface area (Å²) in [5.74, 6) is 0. The lowest BCUT2D eigenvalue weighted by molar-refractivity contribution is 0.660. The minimum atomic E-state index is -0.0632. The molecule has 2 heteroatoms. The van der Waals surface area contributed by atoms with Crippen molar-refractivity contribution in [3.63, 3.8) is 0 Å². The van der Waals surface area contributed by atoms with Crippen LogP contribution < -0.4 is 4.90 Å². The third-order valence-corrected chi connectivity index (χ3v) is 9.54. The van der Waals surface area contributed by atoms with Crippen molar-refractivity contribution < 1.29 is 0 Å². The SMILES string of the molecule is C/C=C/c1ccc(N(c2ccc(-c3ccc(-n4ccc5ccccc54)cc3)cc2)c2ccc3c(c2)C(C)(C)c2ccccc2-3)cc1. The van der Waals surface area contributed by atoms with E-state index < -0.39 is 0 Å². The maximum Gasteiger partial charge on any atom is 0.0528 e. The zero-order valence-corrected chi connectivity index (χ0v) is 26.5. The van der Waals surface area contributed by atoms with Gasteiger partial charge >= 0.3 is 0 Å².